The standard InChI is InChI=1S/C17H28N2/c1-3-14-8-9-15(13-18-4-2)16(11-14)12-17-7-5-6-10-19-17/h5-7,10,14-16,18H,3-4,8-9,11-13H2,1-2H3. The fourth-order valence-corrected chi connectivity index (χ4v) is 3.43. The molecule has 2 nitrogen and oxygen atoms in total. The number of nitrogens with one attached hydrogen (secondary N) is 1. The van der Waals surface area contributed by atoms with E-state index in [1.807, 2.05) is 12.3 Å². The fourth-order valence-electron chi connectivity index (χ4n) is 3.43. The van der Waals surface area contributed by atoms with Crippen LogP contribution in [0.4, 0.5) is 0 Å². The van der Waals surface area contributed by atoms with Gasteiger partial charge in [-0.3, -0.25) is 4.98 Å². The summed E-state index contributed by atoms with van der Waals surface area (Å²) in [4.78, 5) is 4.52. The van der Waals surface area contributed by atoms with Crippen molar-refractivity contribution in [3.05, 3.63) is 30.1 Å². The number of hydrogen-bond acceptors (Lipinski definition) is 2. The van der Waals surface area contributed by atoms with E-state index in [0.29, 0.717) is 0 Å². The fraction of sp³-hybridized carbons (Fsp3) is 0.706. The smallest absolute Gasteiger partial charge is 0.0406 e. The van der Waals surface area contributed by atoms with Gasteiger partial charge in [-0.25, -0.2) is 0 Å². The van der Waals surface area contributed by atoms with Crippen LogP contribution < -0.4 is 5.32 Å². The van der Waals surface area contributed by atoms with Gasteiger partial charge in [0.1, 0.15) is 0 Å². The lowest BCUT2D eigenvalue weighted by Crippen LogP contribution is -2.34. The molecule has 1 aromatic rings. The molecule has 0 saturated heterocycles. The second kappa shape index (κ2) is 7.64. The molecule has 0 amide bonds. The summed E-state index contributed by atoms with van der Waals surface area (Å²) in [7, 11) is 0. The van der Waals surface area contributed by atoms with Crippen LogP contribution in [0.15, 0.2) is 24.4 Å². The summed E-state index contributed by atoms with van der Waals surface area (Å²) in [5.41, 5.74) is 1.27. The molecule has 1 N–H and O–H groups in total. The van der Waals surface area contributed by atoms with Crippen LogP contribution >= 0.6 is 0 Å². The highest BCUT2D eigenvalue weighted by Gasteiger charge is 2.29. The minimum absolute atomic E-state index is 0.813. The number of nitrogens with zero attached hydrogens (tertiary/aromatic N) is 1. The van der Waals surface area contributed by atoms with E-state index >= 15 is 0 Å². The van der Waals surface area contributed by atoms with Crippen LogP contribution in [0.25, 0.3) is 0 Å². The van der Waals surface area contributed by atoms with Crippen molar-refractivity contribution in [1.29, 1.82) is 0 Å². The van der Waals surface area contributed by atoms with Crippen molar-refractivity contribution in [2.45, 2.75) is 46.0 Å². The maximum atomic E-state index is 4.52. The topological polar surface area (TPSA) is 24.9 Å². The highest BCUT2D eigenvalue weighted by molar-refractivity contribution is 5.05. The second-order valence-electron chi connectivity index (χ2n) is 5.94. The van der Waals surface area contributed by atoms with Gasteiger partial charge in [-0.15, -0.1) is 0 Å². The first-order valence-electron chi connectivity index (χ1n) is 7.94. The normalized spacial score (nSPS) is 27.4. The molecule has 3 unspecified atom stereocenters. The molecule has 0 spiro atoms. The molecule has 2 rings (SSSR count). The molecule has 1 heterocycles. The predicted molar refractivity (Wildman–Crippen MR) is 81.1 cm³/mol. The Hall–Kier alpha value is -0.890. The van der Waals surface area contributed by atoms with Crippen LogP contribution in [-0.2, 0) is 6.42 Å². The minimum Gasteiger partial charge on any atom is -0.317 e. The van der Waals surface area contributed by atoms with Crippen LogP contribution in [0.5, 0.6) is 0 Å². The number of aromatic nitrogens is 1. The number of hydrogen-bond donors (Lipinski definition) is 1. The number of pyridine rings is 1. The Morgan fingerprint density at radius 2 is 2.11 bits per heavy atom. The van der Waals surface area contributed by atoms with Crippen molar-refractivity contribution < 1.29 is 0 Å². The molecule has 0 bridgehead atoms. The van der Waals surface area contributed by atoms with Crippen molar-refractivity contribution >= 4 is 0 Å². The van der Waals surface area contributed by atoms with E-state index in [9.17, 15) is 0 Å². The van der Waals surface area contributed by atoms with Crippen molar-refractivity contribution in [2.24, 2.45) is 17.8 Å². The van der Waals surface area contributed by atoms with E-state index in [1.165, 1.54) is 37.9 Å². The van der Waals surface area contributed by atoms with E-state index in [2.05, 4.69) is 36.3 Å². The van der Waals surface area contributed by atoms with Gasteiger partial charge in [0.2, 0.25) is 0 Å². The van der Waals surface area contributed by atoms with Gasteiger partial charge < -0.3 is 5.32 Å². The van der Waals surface area contributed by atoms with E-state index in [-0.39, 0.29) is 0 Å². The zero-order valence-electron chi connectivity index (χ0n) is 12.4. The van der Waals surface area contributed by atoms with Crippen LogP contribution in [0, 0.1) is 17.8 Å². The first-order chi connectivity index (χ1) is 9.33. The van der Waals surface area contributed by atoms with Gasteiger partial charge in [-0.2, -0.15) is 0 Å². The summed E-state index contributed by atoms with van der Waals surface area (Å²) in [6.07, 6.45) is 8.63. The van der Waals surface area contributed by atoms with Gasteiger partial charge in [0.15, 0.2) is 0 Å². The maximum absolute atomic E-state index is 4.52. The quantitative estimate of drug-likeness (QED) is 0.844. The molecular weight excluding hydrogens is 232 g/mol. The first-order valence-corrected chi connectivity index (χ1v) is 7.94. The van der Waals surface area contributed by atoms with Gasteiger partial charge in [0, 0.05) is 11.9 Å². The summed E-state index contributed by atoms with van der Waals surface area (Å²) >= 11 is 0. The maximum Gasteiger partial charge on any atom is 0.0406 e. The molecule has 3 atom stereocenters. The van der Waals surface area contributed by atoms with Gasteiger partial charge in [-0.05, 0) is 62.2 Å². The molecular formula is C17H28N2. The second-order valence-corrected chi connectivity index (χ2v) is 5.94. The Labute approximate surface area is 118 Å². The molecule has 106 valence electrons. The lowest BCUT2D eigenvalue weighted by molar-refractivity contribution is 0.171. The average molecular weight is 260 g/mol. The Morgan fingerprint density at radius 3 is 2.79 bits per heavy atom. The lowest BCUT2D eigenvalue weighted by atomic mass is 9.71. The van der Waals surface area contributed by atoms with E-state index in [1.54, 1.807) is 0 Å². The molecule has 1 aromatic heterocycles. The van der Waals surface area contributed by atoms with Crippen LogP contribution in [0.2, 0.25) is 0 Å². The summed E-state index contributed by atoms with van der Waals surface area (Å²) in [6.45, 7) is 6.81. The van der Waals surface area contributed by atoms with Crippen molar-refractivity contribution in [3.8, 4) is 0 Å². The molecule has 1 aliphatic carbocycles. The predicted octanol–water partition coefficient (Wildman–Crippen LogP) is 3.68. The first kappa shape index (κ1) is 14.5. The molecule has 19 heavy (non-hydrogen) atoms. The zero-order valence-corrected chi connectivity index (χ0v) is 12.4. The Kier molecular flexibility index (Phi) is 5.84. The monoisotopic (exact) mass is 260 g/mol. The largest absolute Gasteiger partial charge is 0.317 e. The van der Waals surface area contributed by atoms with Gasteiger partial charge >= 0.3 is 0 Å². The third-order valence-corrected chi connectivity index (χ3v) is 4.68. The van der Waals surface area contributed by atoms with Crippen molar-refractivity contribution in [2.75, 3.05) is 13.1 Å². The molecule has 0 radical (unpaired) electrons. The summed E-state index contributed by atoms with van der Waals surface area (Å²) in [5, 5.41) is 3.55. The minimum atomic E-state index is 0.813. The van der Waals surface area contributed by atoms with Gasteiger partial charge in [-0.1, -0.05) is 32.8 Å². The Morgan fingerprint density at radius 1 is 1.21 bits per heavy atom. The summed E-state index contributed by atoms with van der Waals surface area (Å²) in [5.74, 6) is 2.59. The summed E-state index contributed by atoms with van der Waals surface area (Å²) < 4.78 is 0. The molecule has 1 fully saturated rings. The van der Waals surface area contributed by atoms with E-state index in [0.717, 1.165) is 30.7 Å². The van der Waals surface area contributed by atoms with Crippen LogP contribution in [0.3, 0.4) is 0 Å². The molecule has 0 aliphatic heterocycles. The van der Waals surface area contributed by atoms with Crippen molar-refractivity contribution in [1.82, 2.24) is 10.3 Å². The number of rotatable bonds is 6. The third-order valence-electron chi connectivity index (χ3n) is 4.68. The SMILES string of the molecule is CCNCC1CCC(CC)CC1Cc1ccccn1. The Balaban J connectivity index is 1.98. The van der Waals surface area contributed by atoms with Gasteiger partial charge in [0.25, 0.3) is 0 Å². The molecule has 2 heteroatoms. The van der Waals surface area contributed by atoms with Gasteiger partial charge in [0.05, 0.1) is 0 Å². The zero-order chi connectivity index (χ0) is 13.5. The Bertz CT molecular complexity index is 350. The molecule has 1 aliphatic rings. The highest BCUT2D eigenvalue weighted by Crippen LogP contribution is 2.36. The molecule has 1 saturated carbocycles. The molecule has 0 aromatic carbocycles. The van der Waals surface area contributed by atoms with E-state index < -0.39 is 0 Å². The highest BCUT2D eigenvalue weighted by atomic mass is 14.8. The lowest BCUT2D eigenvalue weighted by Gasteiger charge is -2.36. The van der Waals surface area contributed by atoms with Crippen molar-refractivity contribution in [3.63, 3.8) is 0 Å². The van der Waals surface area contributed by atoms with Crippen LogP contribution in [0.1, 0.15) is 45.2 Å². The average Bonchev–Trinajstić information content (AvgIpc) is 2.47. The van der Waals surface area contributed by atoms with E-state index in [4.69, 9.17) is 0 Å². The van der Waals surface area contributed by atoms with Crippen LogP contribution in [-0.4, -0.2) is 18.1 Å². The third kappa shape index (κ3) is 4.31. The summed E-state index contributed by atoms with van der Waals surface area (Å²) in [6, 6.07) is 6.30.